The van der Waals surface area contributed by atoms with Crippen LogP contribution in [0.1, 0.15) is 11.1 Å². The highest BCUT2D eigenvalue weighted by molar-refractivity contribution is 6.25. The fourth-order valence-corrected chi connectivity index (χ4v) is 7.29. The van der Waals surface area contributed by atoms with E-state index in [4.69, 9.17) is 0 Å². The molecule has 8 aromatic carbocycles. The SMILES string of the molecule is c1ccc2c(c1)Cc1cc(-c3c4ccccc4c(-c4cc5ccccc5c5ccccc45)c4ccccc34)ccc1-2. The van der Waals surface area contributed by atoms with E-state index < -0.39 is 0 Å². The van der Waals surface area contributed by atoms with E-state index in [1.165, 1.54) is 87.6 Å². The molecule has 0 heteroatoms. The maximum atomic E-state index is 2.44. The molecule has 9 rings (SSSR count). The molecule has 0 aromatic heterocycles. The summed E-state index contributed by atoms with van der Waals surface area (Å²) in [4.78, 5) is 0. The second kappa shape index (κ2) is 8.65. The molecule has 0 fully saturated rings. The predicted octanol–water partition coefficient (Wildman–Crippen LogP) is 11.2. The van der Waals surface area contributed by atoms with Crippen molar-refractivity contribution in [1.82, 2.24) is 0 Å². The van der Waals surface area contributed by atoms with E-state index >= 15 is 0 Å². The van der Waals surface area contributed by atoms with Gasteiger partial charge in [-0.05, 0) is 100 Å². The maximum absolute atomic E-state index is 2.44. The number of benzene rings is 8. The first-order valence-electron chi connectivity index (χ1n) is 14.4. The van der Waals surface area contributed by atoms with Crippen molar-refractivity contribution in [3.05, 3.63) is 157 Å². The van der Waals surface area contributed by atoms with Crippen LogP contribution in [0.2, 0.25) is 0 Å². The average molecular weight is 519 g/mol. The van der Waals surface area contributed by atoms with Crippen molar-refractivity contribution in [2.24, 2.45) is 0 Å². The van der Waals surface area contributed by atoms with Crippen LogP contribution >= 0.6 is 0 Å². The summed E-state index contributed by atoms with van der Waals surface area (Å²) in [7, 11) is 0. The van der Waals surface area contributed by atoms with E-state index in [1.807, 2.05) is 0 Å². The third-order valence-electron chi connectivity index (χ3n) is 9.05. The topological polar surface area (TPSA) is 0 Å². The van der Waals surface area contributed by atoms with Crippen molar-refractivity contribution >= 4 is 43.1 Å². The van der Waals surface area contributed by atoms with Crippen LogP contribution in [0.4, 0.5) is 0 Å². The highest BCUT2D eigenvalue weighted by Crippen LogP contribution is 2.47. The minimum absolute atomic E-state index is 0.996. The Hall–Kier alpha value is -5.20. The van der Waals surface area contributed by atoms with Gasteiger partial charge in [0.2, 0.25) is 0 Å². The largest absolute Gasteiger partial charge is 0.0619 e. The summed E-state index contributed by atoms with van der Waals surface area (Å²) in [5.74, 6) is 0. The number of fused-ring (bicyclic) bond motifs is 8. The molecule has 0 heterocycles. The summed E-state index contributed by atoms with van der Waals surface area (Å²) in [6, 6.07) is 54.0. The van der Waals surface area contributed by atoms with E-state index in [9.17, 15) is 0 Å². The monoisotopic (exact) mass is 518 g/mol. The van der Waals surface area contributed by atoms with Crippen LogP contribution in [-0.4, -0.2) is 0 Å². The second-order valence-corrected chi connectivity index (χ2v) is 11.2. The summed E-state index contributed by atoms with van der Waals surface area (Å²) in [6.07, 6.45) is 0.996. The zero-order chi connectivity index (χ0) is 26.9. The third-order valence-corrected chi connectivity index (χ3v) is 9.05. The van der Waals surface area contributed by atoms with Gasteiger partial charge in [-0.2, -0.15) is 0 Å². The molecule has 1 aliphatic rings. The summed E-state index contributed by atoms with van der Waals surface area (Å²) in [5, 5.41) is 10.4. The molecular formula is C41H26. The fraction of sp³-hybridized carbons (Fsp3) is 0.0244. The molecule has 0 nitrogen and oxygen atoms in total. The van der Waals surface area contributed by atoms with Gasteiger partial charge in [0, 0.05) is 0 Å². The van der Waals surface area contributed by atoms with Crippen molar-refractivity contribution in [3.63, 3.8) is 0 Å². The minimum Gasteiger partial charge on any atom is -0.0619 e. The highest BCUT2D eigenvalue weighted by Gasteiger charge is 2.22. The summed E-state index contributed by atoms with van der Waals surface area (Å²) >= 11 is 0. The minimum atomic E-state index is 0.996. The van der Waals surface area contributed by atoms with Crippen molar-refractivity contribution < 1.29 is 0 Å². The molecule has 0 unspecified atom stereocenters. The first-order valence-corrected chi connectivity index (χ1v) is 14.4. The van der Waals surface area contributed by atoms with Gasteiger partial charge in [-0.1, -0.05) is 140 Å². The Morgan fingerprint density at radius 3 is 1.59 bits per heavy atom. The molecule has 0 aliphatic heterocycles. The van der Waals surface area contributed by atoms with Crippen LogP contribution in [0.5, 0.6) is 0 Å². The Bertz CT molecular complexity index is 2280. The Morgan fingerprint density at radius 1 is 0.317 bits per heavy atom. The third kappa shape index (κ3) is 3.28. The Labute approximate surface area is 239 Å². The molecule has 0 saturated carbocycles. The standard InChI is InChI=1S/C41H26/c1-3-13-30-26(11-1)23-29-24-28(21-22-32(29)30)40-35-17-7-9-19-37(35)41(38-20-10-8-18-36(38)40)39-25-27-12-2-4-14-31(27)33-15-5-6-16-34(33)39/h1-22,24-25H,23H2. The first kappa shape index (κ1) is 22.6. The molecule has 8 aromatic rings. The molecule has 0 radical (unpaired) electrons. The van der Waals surface area contributed by atoms with Gasteiger partial charge < -0.3 is 0 Å². The first-order chi connectivity index (χ1) is 20.3. The van der Waals surface area contributed by atoms with E-state index in [0.29, 0.717) is 0 Å². The van der Waals surface area contributed by atoms with Crippen LogP contribution in [0.25, 0.3) is 76.5 Å². The van der Waals surface area contributed by atoms with Crippen molar-refractivity contribution in [1.29, 1.82) is 0 Å². The van der Waals surface area contributed by atoms with E-state index in [0.717, 1.165) is 6.42 Å². The molecule has 41 heavy (non-hydrogen) atoms. The zero-order valence-electron chi connectivity index (χ0n) is 22.6. The quantitative estimate of drug-likeness (QED) is 0.158. The maximum Gasteiger partial charge on any atom is -0.00132 e. The lowest BCUT2D eigenvalue weighted by Gasteiger charge is -2.20. The van der Waals surface area contributed by atoms with E-state index in [-0.39, 0.29) is 0 Å². The van der Waals surface area contributed by atoms with Gasteiger partial charge in [0.1, 0.15) is 0 Å². The predicted molar refractivity (Wildman–Crippen MR) is 176 cm³/mol. The van der Waals surface area contributed by atoms with Gasteiger partial charge in [-0.25, -0.2) is 0 Å². The number of hydrogen-bond acceptors (Lipinski definition) is 0. The second-order valence-electron chi connectivity index (χ2n) is 11.2. The van der Waals surface area contributed by atoms with Crippen molar-refractivity contribution in [3.8, 4) is 33.4 Å². The van der Waals surface area contributed by atoms with E-state index in [2.05, 4.69) is 146 Å². The summed E-state index contributed by atoms with van der Waals surface area (Å²) in [5.41, 5.74) is 10.8. The lowest BCUT2D eigenvalue weighted by Crippen LogP contribution is -1.93. The Morgan fingerprint density at radius 2 is 0.854 bits per heavy atom. The molecule has 0 N–H and O–H groups in total. The summed E-state index contributed by atoms with van der Waals surface area (Å²) in [6.45, 7) is 0. The van der Waals surface area contributed by atoms with Gasteiger partial charge in [0.15, 0.2) is 0 Å². The van der Waals surface area contributed by atoms with E-state index in [1.54, 1.807) is 0 Å². The number of hydrogen-bond donors (Lipinski definition) is 0. The van der Waals surface area contributed by atoms with Crippen molar-refractivity contribution in [2.45, 2.75) is 6.42 Å². The number of rotatable bonds is 2. The molecule has 1 aliphatic carbocycles. The van der Waals surface area contributed by atoms with Crippen LogP contribution in [0.15, 0.2) is 146 Å². The molecule has 190 valence electrons. The zero-order valence-corrected chi connectivity index (χ0v) is 22.6. The van der Waals surface area contributed by atoms with Crippen LogP contribution in [-0.2, 0) is 6.42 Å². The lowest BCUT2D eigenvalue weighted by atomic mass is 9.83. The van der Waals surface area contributed by atoms with Crippen molar-refractivity contribution in [2.75, 3.05) is 0 Å². The molecule has 0 bridgehead atoms. The smallest absolute Gasteiger partial charge is 0.00132 e. The molecule has 0 spiro atoms. The lowest BCUT2D eigenvalue weighted by molar-refractivity contribution is 1.26. The van der Waals surface area contributed by atoms with Gasteiger partial charge in [0.05, 0.1) is 0 Å². The molecular weight excluding hydrogens is 492 g/mol. The average Bonchev–Trinajstić information content (AvgIpc) is 3.41. The van der Waals surface area contributed by atoms with Crippen LogP contribution < -0.4 is 0 Å². The highest BCUT2D eigenvalue weighted by atomic mass is 14.2. The van der Waals surface area contributed by atoms with Gasteiger partial charge >= 0.3 is 0 Å². The fourth-order valence-electron chi connectivity index (χ4n) is 7.29. The molecule has 0 atom stereocenters. The van der Waals surface area contributed by atoms with Crippen LogP contribution in [0.3, 0.4) is 0 Å². The molecule has 0 amide bonds. The van der Waals surface area contributed by atoms with Gasteiger partial charge in [0.25, 0.3) is 0 Å². The summed E-state index contributed by atoms with van der Waals surface area (Å²) < 4.78 is 0. The van der Waals surface area contributed by atoms with Gasteiger partial charge in [-0.15, -0.1) is 0 Å². The molecule has 0 saturated heterocycles. The van der Waals surface area contributed by atoms with Gasteiger partial charge in [-0.3, -0.25) is 0 Å². The normalized spacial score (nSPS) is 12.3. The Balaban J connectivity index is 1.39. The van der Waals surface area contributed by atoms with Crippen LogP contribution in [0, 0.1) is 0 Å². The Kier molecular flexibility index (Phi) is 4.77.